The van der Waals surface area contributed by atoms with Crippen LogP contribution in [0.5, 0.6) is 0 Å². The maximum absolute atomic E-state index is 12.5. The molecule has 136 valence electrons. The zero-order valence-corrected chi connectivity index (χ0v) is 15.2. The van der Waals surface area contributed by atoms with Crippen molar-refractivity contribution in [2.24, 2.45) is 7.05 Å². The van der Waals surface area contributed by atoms with Crippen LogP contribution in [0.15, 0.2) is 4.79 Å². The molecule has 1 atom stereocenters. The molecule has 2 heterocycles. The van der Waals surface area contributed by atoms with Crippen LogP contribution in [0.3, 0.4) is 0 Å². The number of piperidine rings is 1. The number of nitrogens with zero attached hydrogens (tertiary/aromatic N) is 5. The molecule has 0 aromatic carbocycles. The number of carbonyl (C=O) groups excluding carboxylic acids is 1. The third-order valence-corrected chi connectivity index (χ3v) is 4.57. The summed E-state index contributed by atoms with van der Waals surface area (Å²) in [6.45, 7) is 5.69. The fourth-order valence-corrected chi connectivity index (χ4v) is 3.19. The van der Waals surface area contributed by atoms with Crippen molar-refractivity contribution in [3.05, 3.63) is 16.3 Å². The number of hydrogen-bond acceptors (Lipinski definition) is 5. The smallest absolute Gasteiger partial charge is 0.345 e. The number of aromatic nitrogens is 3. The molecule has 1 fully saturated rings. The topological polar surface area (TPSA) is 72.6 Å². The van der Waals surface area contributed by atoms with Crippen molar-refractivity contribution < 1.29 is 9.53 Å². The van der Waals surface area contributed by atoms with E-state index in [1.165, 1.54) is 4.68 Å². The van der Waals surface area contributed by atoms with Gasteiger partial charge in [-0.15, -0.1) is 0 Å². The van der Waals surface area contributed by atoms with E-state index in [0.29, 0.717) is 26.2 Å². The normalized spacial score (nSPS) is 18.4. The predicted molar refractivity (Wildman–Crippen MR) is 91.1 cm³/mol. The van der Waals surface area contributed by atoms with E-state index in [4.69, 9.17) is 4.74 Å². The van der Waals surface area contributed by atoms with Crippen LogP contribution in [-0.4, -0.2) is 77.0 Å². The Morgan fingerprint density at radius 1 is 1.46 bits per heavy atom. The summed E-state index contributed by atoms with van der Waals surface area (Å²) < 4.78 is 8.14. The zero-order chi connectivity index (χ0) is 17.7. The number of rotatable bonds is 7. The van der Waals surface area contributed by atoms with Crippen LogP contribution in [0.2, 0.25) is 0 Å². The molecule has 0 spiro atoms. The summed E-state index contributed by atoms with van der Waals surface area (Å²) in [5.41, 5.74) is -0.0877. The minimum atomic E-state index is -0.0877. The number of aryl methyl sites for hydroxylation is 1. The minimum absolute atomic E-state index is 0.0877. The number of methoxy groups -OCH3 is 1. The first-order valence-corrected chi connectivity index (χ1v) is 8.56. The number of likely N-dealkylation sites (tertiary alicyclic amines) is 1. The summed E-state index contributed by atoms with van der Waals surface area (Å²) in [7, 11) is 5.26. The largest absolute Gasteiger partial charge is 0.383 e. The molecule has 0 radical (unpaired) electrons. The van der Waals surface area contributed by atoms with Gasteiger partial charge >= 0.3 is 5.69 Å². The molecule has 0 bridgehead atoms. The van der Waals surface area contributed by atoms with Gasteiger partial charge in [0.15, 0.2) is 0 Å². The average molecular weight is 339 g/mol. The summed E-state index contributed by atoms with van der Waals surface area (Å²) in [5.74, 6) is 1.05. The first-order chi connectivity index (χ1) is 11.5. The average Bonchev–Trinajstić information content (AvgIpc) is 2.87. The molecule has 1 aliphatic heterocycles. The molecule has 8 heteroatoms. The maximum Gasteiger partial charge on any atom is 0.345 e. The molecule has 0 aliphatic carbocycles. The van der Waals surface area contributed by atoms with Gasteiger partial charge in [-0.3, -0.25) is 14.3 Å². The van der Waals surface area contributed by atoms with Crippen molar-refractivity contribution in [2.45, 2.75) is 32.2 Å². The maximum atomic E-state index is 12.5. The van der Waals surface area contributed by atoms with Gasteiger partial charge in [0.2, 0.25) is 5.91 Å². The van der Waals surface area contributed by atoms with Crippen molar-refractivity contribution >= 4 is 5.91 Å². The number of likely N-dealkylation sites (N-methyl/N-ethyl adjacent to an activating group) is 1. The quantitative estimate of drug-likeness (QED) is 0.693. The summed E-state index contributed by atoms with van der Waals surface area (Å²) in [4.78, 5) is 28.5. The second kappa shape index (κ2) is 8.43. The van der Waals surface area contributed by atoms with Crippen molar-refractivity contribution in [3.8, 4) is 0 Å². The van der Waals surface area contributed by atoms with Gasteiger partial charge in [0, 0.05) is 46.3 Å². The molecule has 1 saturated heterocycles. The fraction of sp³-hybridized carbons (Fsp3) is 0.812. The number of hydrogen-bond donors (Lipinski definition) is 0. The van der Waals surface area contributed by atoms with Gasteiger partial charge in [-0.2, -0.15) is 5.10 Å². The molecule has 1 aromatic rings. The number of carbonyl (C=O) groups is 1. The molecular formula is C16H29N5O3. The van der Waals surface area contributed by atoms with E-state index in [2.05, 4.69) is 5.10 Å². The van der Waals surface area contributed by atoms with E-state index in [0.717, 1.165) is 31.8 Å². The van der Waals surface area contributed by atoms with Gasteiger partial charge in [-0.1, -0.05) is 0 Å². The molecule has 0 unspecified atom stereocenters. The Bertz CT molecular complexity index is 609. The van der Waals surface area contributed by atoms with E-state index < -0.39 is 0 Å². The Labute approximate surface area is 143 Å². The monoisotopic (exact) mass is 339 g/mol. The second-order valence-electron chi connectivity index (χ2n) is 6.42. The highest BCUT2D eigenvalue weighted by Crippen LogP contribution is 2.25. The van der Waals surface area contributed by atoms with Crippen molar-refractivity contribution in [2.75, 3.05) is 46.9 Å². The summed E-state index contributed by atoms with van der Waals surface area (Å²) in [6, 6.07) is 0. The van der Waals surface area contributed by atoms with E-state index in [1.54, 1.807) is 18.7 Å². The Balaban J connectivity index is 2.03. The van der Waals surface area contributed by atoms with Crippen LogP contribution < -0.4 is 5.69 Å². The summed E-state index contributed by atoms with van der Waals surface area (Å²) in [5, 5.41) is 4.40. The molecule has 1 amide bonds. The Hall–Kier alpha value is -1.67. The lowest BCUT2D eigenvalue weighted by molar-refractivity contribution is -0.133. The lowest BCUT2D eigenvalue weighted by Crippen LogP contribution is -2.44. The molecule has 0 N–H and O–H groups in total. The summed E-state index contributed by atoms with van der Waals surface area (Å²) in [6.07, 6.45) is 1.90. The highest BCUT2D eigenvalue weighted by atomic mass is 16.5. The number of amides is 1. The van der Waals surface area contributed by atoms with Crippen molar-refractivity contribution in [3.63, 3.8) is 0 Å². The molecule has 2 rings (SSSR count). The lowest BCUT2D eigenvalue weighted by atomic mass is 9.97. The van der Waals surface area contributed by atoms with Gasteiger partial charge < -0.3 is 9.64 Å². The highest BCUT2D eigenvalue weighted by Gasteiger charge is 2.29. The molecule has 1 aromatic heterocycles. The van der Waals surface area contributed by atoms with Gasteiger partial charge in [-0.25, -0.2) is 9.48 Å². The lowest BCUT2D eigenvalue weighted by Gasteiger charge is -2.33. The Morgan fingerprint density at radius 3 is 2.88 bits per heavy atom. The van der Waals surface area contributed by atoms with Crippen LogP contribution in [-0.2, 0) is 23.1 Å². The number of ether oxygens (including phenoxy) is 1. The van der Waals surface area contributed by atoms with Crippen LogP contribution in [0.4, 0.5) is 0 Å². The zero-order valence-electron chi connectivity index (χ0n) is 15.2. The SMILES string of the molecule is CCn1c([C@H]2CCCN(C(=O)CN(C)CCOC)C2)nn(C)c1=O. The van der Waals surface area contributed by atoms with Gasteiger partial charge in [0.1, 0.15) is 5.82 Å². The predicted octanol–water partition coefficient (Wildman–Crippen LogP) is -0.114. The molecule has 0 saturated carbocycles. The van der Waals surface area contributed by atoms with E-state index in [1.807, 2.05) is 23.8 Å². The molecule has 1 aliphatic rings. The van der Waals surface area contributed by atoms with E-state index in [9.17, 15) is 9.59 Å². The minimum Gasteiger partial charge on any atom is -0.383 e. The van der Waals surface area contributed by atoms with Crippen molar-refractivity contribution in [1.29, 1.82) is 0 Å². The Morgan fingerprint density at radius 2 is 2.21 bits per heavy atom. The standard InChI is InChI=1S/C16H29N5O3/c1-5-21-15(17-19(3)16(21)23)13-7-6-8-20(11-13)14(22)12-18(2)9-10-24-4/h13H,5-12H2,1-4H3/t13-/m0/s1. The Kier molecular flexibility index (Phi) is 6.56. The fourth-order valence-electron chi connectivity index (χ4n) is 3.19. The van der Waals surface area contributed by atoms with Gasteiger partial charge in [0.05, 0.1) is 13.2 Å². The second-order valence-corrected chi connectivity index (χ2v) is 6.42. The highest BCUT2D eigenvalue weighted by molar-refractivity contribution is 5.78. The van der Waals surface area contributed by atoms with Crippen LogP contribution in [0.25, 0.3) is 0 Å². The third-order valence-electron chi connectivity index (χ3n) is 4.57. The molecule has 24 heavy (non-hydrogen) atoms. The molecule has 8 nitrogen and oxygen atoms in total. The van der Waals surface area contributed by atoms with E-state index >= 15 is 0 Å². The first kappa shape index (κ1) is 18.7. The third kappa shape index (κ3) is 4.24. The van der Waals surface area contributed by atoms with Crippen LogP contribution in [0.1, 0.15) is 31.5 Å². The van der Waals surface area contributed by atoms with Crippen LogP contribution in [0, 0.1) is 0 Å². The van der Waals surface area contributed by atoms with Crippen LogP contribution >= 0.6 is 0 Å². The van der Waals surface area contributed by atoms with Crippen molar-refractivity contribution in [1.82, 2.24) is 24.1 Å². The summed E-state index contributed by atoms with van der Waals surface area (Å²) >= 11 is 0. The first-order valence-electron chi connectivity index (χ1n) is 8.56. The molecular weight excluding hydrogens is 310 g/mol. The van der Waals surface area contributed by atoms with E-state index in [-0.39, 0.29) is 17.5 Å². The van der Waals surface area contributed by atoms with Gasteiger partial charge in [0.25, 0.3) is 0 Å². The van der Waals surface area contributed by atoms with Gasteiger partial charge in [-0.05, 0) is 26.8 Å².